The summed E-state index contributed by atoms with van der Waals surface area (Å²) < 4.78 is 17.2. The number of hydrogen-bond acceptors (Lipinski definition) is 6. The molecule has 1 aromatic heterocycles. The first-order valence-electron chi connectivity index (χ1n) is 13.9. The second-order valence-electron chi connectivity index (χ2n) is 10.8. The van der Waals surface area contributed by atoms with Gasteiger partial charge in [0.2, 0.25) is 11.8 Å². The number of anilines is 1. The summed E-state index contributed by atoms with van der Waals surface area (Å²) in [5.74, 6) is 1.72. The zero-order valence-electron chi connectivity index (χ0n) is 23.3. The van der Waals surface area contributed by atoms with Crippen LogP contribution >= 0.6 is 0 Å². The van der Waals surface area contributed by atoms with Crippen LogP contribution in [0.1, 0.15) is 73.1 Å². The molecule has 204 valence electrons. The van der Waals surface area contributed by atoms with Crippen molar-refractivity contribution in [3.05, 3.63) is 36.4 Å². The summed E-state index contributed by atoms with van der Waals surface area (Å²) in [5, 5.41) is 2.92. The third-order valence-electron chi connectivity index (χ3n) is 6.41. The molecule has 1 aliphatic rings. The highest BCUT2D eigenvalue weighted by molar-refractivity contribution is 5.71. The van der Waals surface area contributed by atoms with Gasteiger partial charge in [-0.3, -0.25) is 0 Å². The van der Waals surface area contributed by atoms with Crippen molar-refractivity contribution in [1.29, 1.82) is 0 Å². The SMILES string of the molecule is CCCCOc1ccc(-c2ccc(N3CCC(CNC(=O)OC(C)(C)C)CC3)cc2)c(OCCCC)n1. The molecule has 0 spiro atoms. The Morgan fingerprint density at radius 3 is 2.24 bits per heavy atom. The van der Waals surface area contributed by atoms with E-state index in [9.17, 15) is 4.79 Å². The predicted molar refractivity (Wildman–Crippen MR) is 150 cm³/mol. The van der Waals surface area contributed by atoms with E-state index in [1.165, 1.54) is 5.69 Å². The molecule has 7 heteroatoms. The van der Waals surface area contributed by atoms with Crippen molar-refractivity contribution in [3.63, 3.8) is 0 Å². The fourth-order valence-corrected chi connectivity index (χ4v) is 4.26. The van der Waals surface area contributed by atoms with Crippen LogP contribution < -0.4 is 19.7 Å². The maximum atomic E-state index is 11.9. The normalized spacial score (nSPS) is 14.4. The van der Waals surface area contributed by atoms with E-state index in [4.69, 9.17) is 14.2 Å². The summed E-state index contributed by atoms with van der Waals surface area (Å²) in [6.07, 6.45) is 5.90. The summed E-state index contributed by atoms with van der Waals surface area (Å²) in [4.78, 5) is 19.0. The van der Waals surface area contributed by atoms with E-state index in [1.807, 2.05) is 32.9 Å². The predicted octanol–water partition coefficient (Wildman–Crippen LogP) is 6.85. The minimum Gasteiger partial charge on any atom is -0.478 e. The number of ether oxygens (including phenoxy) is 3. The first-order chi connectivity index (χ1) is 17.8. The van der Waals surface area contributed by atoms with Crippen LogP contribution in [-0.2, 0) is 4.74 Å². The van der Waals surface area contributed by atoms with Crippen LogP contribution in [0, 0.1) is 5.92 Å². The topological polar surface area (TPSA) is 72.9 Å². The van der Waals surface area contributed by atoms with Crippen LogP contribution in [-0.4, -0.2) is 49.5 Å². The van der Waals surface area contributed by atoms with Crippen molar-refractivity contribution in [2.24, 2.45) is 5.92 Å². The van der Waals surface area contributed by atoms with Gasteiger partial charge >= 0.3 is 6.09 Å². The molecule has 1 N–H and O–H groups in total. The Labute approximate surface area is 222 Å². The number of aromatic nitrogens is 1. The number of nitrogens with one attached hydrogen (secondary N) is 1. The van der Waals surface area contributed by atoms with E-state index in [1.54, 1.807) is 0 Å². The average Bonchev–Trinajstić information content (AvgIpc) is 2.87. The second-order valence-corrected chi connectivity index (χ2v) is 10.8. The molecule has 3 rings (SSSR count). The van der Waals surface area contributed by atoms with Crippen molar-refractivity contribution < 1.29 is 19.0 Å². The van der Waals surface area contributed by atoms with Crippen molar-refractivity contribution in [3.8, 4) is 22.9 Å². The van der Waals surface area contributed by atoms with Gasteiger partial charge in [0.05, 0.1) is 13.2 Å². The Morgan fingerprint density at radius 1 is 0.973 bits per heavy atom. The number of amides is 1. The molecule has 1 aliphatic heterocycles. The lowest BCUT2D eigenvalue weighted by Crippen LogP contribution is -2.40. The zero-order valence-corrected chi connectivity index (χ0v) is 23.3. The first kappa shape index (κ1) is 28.6. The van der Waals surface area contributed by atoms with Crippen molar-refractivity contribution in [2.75, 3.05) is 37.7 Å². The molecule has 0 unspecified atom stereocenters. The molecule has 1 saturated heterocycles. The Morgan fingerprint density at radius 2 is 1.62 bits per heavy atom. The minimum atomic E-state index is -0.470. The molecular weight excluding hydrogens is 466 g/mol. The van der Waals surface area contributed by atoms with E-state index in [0.29, 0.717) is 37.4 Å². The molecule has 0 atom stereocenters. The molecule has 0 saturated carbocycles. The van der Waals surface area contributed by atoms with E-state index < -0.39 is 5.60 Å². The number of nitrogens with zero attached hydrogens (tertiary/aromatic N) is 2. The monoisotopic (exact) mass is 511 g/mol. The number of carbonyl (C=O) groups excluding carboxylic acids is 1. The number of hydrogen-bond donors (Lipinski definition) is 1. The van der Waals surface area contributed by atoms with Crippen LogP contribution in [0.25, 0.3) is 11.1 Å². The number of alkyl carbamates (subject to hydrolysis) is 1. The summed E-state index contributed by atoms with van der Waals surface area (Å²) in [7, 11) is 0. The average molecular weight is 512 g/mol. The number of piperidine rings is 1. The van der Waals surface area contributed by atoms with Crippen LogP contribution in [0.15, 0.2) is 36.4 Å². The van der Waals surface area contributed by atoms with Gasteiger partial charge in [-0.25, -0.2) is 4.79 Å². The van der Waals surface area contributed by atoms with Crippen molar-refractivity contribution in [2.45, 2.75) is 78.7 Å². The molecule has 1 fully saturated rings. The molecule has 0 aliphatic carbocycles. The third-order valence-corrected chi connectivity index (χ3v) is 6.41. The number of carbonyl (C=O) groups is 1. The van der Waals surface area contributed by atoms with Gasteiger partial charge in [0.15, 0.2) is 0 Å². The molecule has 0 bridgehead atoms. The maximum Gasteiger partial charge on any atom is 0.407 e. The van der Waals surface area contributed by atoms with Crippen molar-refractivity contribution >= 4 is 11.8 Å². The van der Waals surface area contributed by atoms with Crippen molar-refractivity contribution in [1.82, 2.24) is 10.3 Å². The second kappa shape index (κ2) is 14.1. The summed E-state index contributed by atoms with van der Waals surface area (Å²) in [5.41, 5.74) is 2.81. The lowest BCUT2D eigenvalue weighted by Gasteiger charge is -2.34. The highest BCUT2D eigenvalue weighted by atomic mass is 16.6. The Hall–Kier alpha value is -2.96. The molecule has 1 aromatic carbocycles. The molecule has 7 nitrogen and oxygen atoms in total. The summed E-state index contributed by atoms with van der Waals surface area (Å²) in [6, 6.07) is 12.6. The van der Waals surface area contributed by atoms with Gasteiger partial charge in [-0.05, 0) is 76.1 Å². The molecule has 1 amide bonds. The zero-order chi connectivity index (χ0) is 26.7. The lowest BCUT2D eigenvalue weighted by atomic mass is 9.96. The summed E-state index contributed by atoms with van der Waals surface area (Å²) in [6.45, 7) is 13.9. The van der Waals surface area contributed by atoms with Gasteiger partial charge in [-0.1, -0.05) is 38.8 Å². The lowest BCUT2D eigenvalue weighted by molar-refractivity contribution is 0.0517. The standard InChI is InChI=1S/C30H45N3O4/c1-6-8-20-35-27-15-14-26(28(32-27)36-21-9-7-2)24-10-12-25(13-11-24)33-18-16-23(17-19-33)22-31-29(34)37-30(3,4)5/h10-15,23H,6-9,16-22H2,1-5H3,(H,31,34). The van der Waals surface area contributed by atoms with E-state index in [0.717, 1.165) is 62.7 Å². The molecule has 2 aromatic rings. The van der Waals surface area contributed by atoms with Crippen LogP contribution in [0.5, 0.6) is 11.8 Å². The number of unbranched alkanes of at least 4 members (excludes halogenated alkanes) is 2. The maximum absolute atomic E-state index is 11.9. The number of benzene rings is 1. The number of pyridine rings is 1. The highest BCUT2D eigenvalue weighted by Gasteiger charge is 2.22. The van der Waals surface area contributed by atoms with Gasteiger partial charge in [0.25, 0.3) is 0 Å². The minimum absolute atomic E-state index is 0.335. The van der Waals surface area contributed by atoms with Gasteiger partial charge < -0.3 is 24.4 Å². The smallest absolute Gasteiger partial charge is 0.407 e. The molecular formula is C30H45N3O4. The van der Waals surface area contributed by atoms with E-state index in [-0.39, 0.29) is 6.09 Å². The first-order valence-corrected chi connectivity index (χ1v) is 13.9. The van der Waals surface area contributed by atoms with Crippen LogP contribution in [0.2, 0.25) is 0 Å². The van der Waals surface area contributed by atoms with Gasteiger partial charge in [0, 0.05) is 37.0 Å². The Balaban J connectivity index is 1.58. The van der Waals surface area contributed by atoms with Gasteiger partial charge in [-0.15, -0.1) is 0 Å². The Bertz CT molecular complexity index is 964. The van der Waals surface area contributed by atoms with E-state index in [2.05, 4.69) is 53.3 Å². The largest absolute Gasteiger partial charge is 0.478 e. The molecule has 37 heavy (non-hydrogen) atoms. The Kier molecular flexibility index (Phi) is 10.9. The molecule has 2 heterocycles. The molecule has 0 radical (unpaired) electrons. The van der Waals surface area contributed by atoms with Gasteiger partial charge in [0.1, 0.15) is 5.60 Å². The summed E-state index contributed by atoms with van der Waals surface area (Å²) >= 11 is 0. The number of rotatable bonds is 12. The van der Waals surface area contributed by atoms with E-state index >= 15 is 0 Å². The quantitative estimate of drug-likeness (QED) is 0.314. The fraction of sp³-hybridized carbons (Fsp3) is 0.600. The third kappa shape index (κ3) is 9.45. The van der Waals surface area contributed by atoms with Gasteiger partial charge in [-0.2, -0.15) is 4.98 Å². The van der Waals surface area contributed by atoms with Crippen LogP contribution in [0.3, 0.4) is 0 Å². The van der Waals surface area contributed by atoms with Crippen LogP contribution in [0.4, 0.5) is 10.5 Å². The fourth-order valence-electron chi connectivity index (χ4n) is 4.26. The highest BCUT2D eigenvalue weighted by Crippen LogP contribution is 2.33.